The molecule has 4 heterocycles. The van der Waals surface area contributed by atoms with Gasteiger partial charge in [0.2, 0.25) is 11.8 Å². The fourth-order valence-electron chi connectivity index (χ4n) is 4.44. The van der Waals surface area contributed by atoms with Crippen molar-refractivity contribution in [3.8, 4) is 11.3 Å². The summed E-state index contributed by atoms with van der Waals surface area (Å²) in [7, 11) is -1.36. The van der Waals surface area contributed by atoms with Gasteiger partial charge in [-0.15, -0.1) is 0 Å². The highest BCUT2D eigenvalue weighted by atomic mass is 28.3. The van der Waals surface area contributed by atoms with E-state index < -0.39 is 20.0 Å². The van der Waals surface area contributed by atoms with Crippen molar-refractivity contribution in [2.45, 2.75) is 45.1 Å². The molecule has 0 saturated carbocycles. The third-order valence-corrected chi connectivity index (χ3v) is 7.35. The first kappa shape index (κ1) is 21.4. The molecule has 170 valence electrons. The summed E-state index contributed by atoms with van der Waals surface area (Å²) in [6.07, 6.45) is 3.51. The summed E-state index contributed by atoms with van der Waals surface area (Å²) < 4.78 is 2.06. The first-order valence-corrected chi connectivity index (χ1v) is 14.9. The Bertz CT molecular complexity index is 1290. The third-order valence-electron chi connectivity index (χ3n) is 6.11. The first-order chi connectivity index (χ1) is 15.7. The van der Waals surface area contributed by atoms with Gasteiger partial charge in [0, 0.05) is 36.5 Å². The van der Waals surface area contributed by atoms with Gasteiger partial charge in [-0.25, -0.2) is 4.98 Å². The van der Waals surface area contributed by atoms with Crippen molar-refractivity contribution in [1.29, 1.82) is 0 Å². The summed E-state index contributed by atoms with van der Waals surface area (Å²) in [5, 5.41) is 5.97. The Labute approximate surface area is 193 Å². The van der Waals surface area contributed by atoms with E-state index in [2.05, 4.69) is 34.7 Å². The minimum atomic E-state index is -1.36. The molecule has 2 N–H and O–H groups in total. The standard InChI is InChI=1S/C24H27N5O3Si/c1-33(2,3)14-25-22-21(26-19-6-4-5-11-28(19)22)15-7-8-17-16(12-15)13-29(24(17)32)18-9-10-20(30)27-23(18)31/h4-8,11-12,18,25H,9-10,13-14H2,1-3H3,(H,27,30,31). The molecule has 3 aromatic rings. The monoisotopic (exact) mass is 461 g/mol. The number of piperidine rings is 1. The maximum Gasteiger partial charge on any atom is 0.255 e. The average molecular weight is 462 g/mol. The van der Waals surface area contributed by atoms with Crippen molar-refractivity contribution >= 4 is 37.3 Å². The van der Waals surface area contributed by atoms with Gasteiger partial charge in [-0.3, -0.25) is 24.1 Å². The van der Waals surface area contributed by atoms with Crippen LogP contribution in [0, 0.1) is 0 Å². The van der Waals surface area contributed by atoms with Gasteiger partial charge in [0.1, 0.15) is 23.2 Å². The molecule has 2 aliphatic rings. The molecule has 2 aromatic heterocycles. The SMILES string of the molecule is C[Si](C)(C)CNc1c(-c2ccc3c(c2)CN(C2CCC(=O)NC2=O)C3=O)nc2ccccn12. The number of carbonyl (C=O) groups excluding carboxylic acids is 3. The number of imide groups is 1. The van der Waals surface area contributed by atoms with Crippen LogP contribution in [0.25, 0.3) is 16.9 Å². The Kier molecular flexibility index (Phi) is 5.08. The van der Waals surface area contributed by atoms with Gasteiger partial charge in [-0.2, -0.15) is 0 Å². The lowest BCUT2D eigenvalue weighted by atomic mass is 10.0. The molecule has 1 aromatic carbocycles. The number of anilines is 1. The first-order valence-electron chi connectivity index (χ1n) is 11.2. The van der Waals surface area contributed by atoms with Crippen molar-refractivity contribution < 1.29 is 14.4 Å². The fraction of sp³-hybridized carbons (Fsp3) is 0.333. The van der Waals surface area contributed by atoms with Gasteiger partial charge in [-0.1, -0.05) is 31.8 Å². The zero-order chi connectivity index (χ0) is 23.3. The molecule has 3 amide bonds. The molecule has 1 saturated heterocycles. The Morgan fingerprint density at radius 3 is 2.73 bits per heavy atom. The smallest absolute Gasteiger partial charge is 0.255 e. The Morgan fingerprint density at radius 1 is 1.15 bits per heavy atom. The van der Waals surface area contributed by atoms with Crippen LogP contribution in [0.4, 0.5) is 5.82 Å². The van der Waals surface area contributed by atoms with Crippen molar-refractivity contribution in [2.24, 2.45) is 0 Å². The third kappa shape index (κ3) is 3.93. The number of imidazole rings is 1. The lowest BCUT2D eigenvalue weighted by Crippen LogP contribution is -2.52. The number of aromatic nitrogens is 2. The van der Waals surface area contributed by atoms with Crippen molar-refractivity contribution in [1.82, 2.24) is 19.6 Å². The van der Waals surface area contributed by atoms with Crippen molar-refractivity contribution in [2.75, 3.05) is 11.5 Å². The predicted octanol–water partition coefficient (Wildman–Crippen LogP) is 3.05. The summed E-state index contributed by atoms with van der Waals surface area (Å²) in [4.78, 5) is 43.3. The van der Waals surface area contributed by atoms with Gasteiger partial charge < -0.3 is 10.2 Å². The molecule has 8 nitrogen and oxygen atoms in total. The zero-order valence-corrected chi connectivity index (χ0v) is 20.0. The maximum atomic E-state index is 13.0. The number of nitrogens with one attached hydrogen (secondary N) is 2. The molecule has 0 spiro atoms. The van der Waals surface area contributed by atoms with Crippen LogP contribution in [0.3, 0.4) is 0 Å². The number of amides is 3. The van der Waals surface area contributed by atoms with Gasteiger partial charge in [0.15, 0.2) is 0 Å². The van der Waals surface area contributed by atoms with Crippen LogP contribution in [0.5, 0.6) is 0 Å². The zero-order valence-electron chi connectivity index (χ0n) is 19.0. The Morgan fingerprint density at radius 2 is 1.97 bits per heavy atom. The summed E-state index contributed by atoms with van der Waals surface area (Å²) in [5.74, 6) is 0.0937. The van der Waals surface area contributed by atoms with E-state index in [1.54, 1.807) is 4.90 Å². The number of carbonyl (C=O) groups is 3. The summed E-state index contributed by atoms with van der Waals surface area (Å²) >= 11 is 0. The van der Waals surface area contributed by atoms with Crippen molar-refractivity contribution in [3.63, 3.8) is 0 Å². The molecule has 0 radical (unpaired) electrons. The molecule has 1 fully saturated rings. The largest absolute Gasteiger partial charge is 0.372 e. The lowest BCUT2D eigenvalue weighted by Gasteiger charge is -2.29. The summed E-state index contributed by atoms with van der Waals surface area (Å²) in [6.45, 7) is 7.29. The molecule has 5 rings (SSSR count). The maximum absolute atomic E-state index is 13.0. The number of pyridine rings is 1. The van der Waals surface area contributed by atoms with Crippen LogP contribution in [0.15, 0.2) is 42.6 Å². The van der Waals surface area contributed by atoms with E-state index in [1.165, 1.54) is 0 Å². The highest BCUT2D eigenvalue weighted by molar-refractivity contribution is 6.76. The Balaban J connectivity index is 1.49. The van der Waals surface area contributed by atoms with Crippen LogP contribution in [-0.2, 0) is 16.1 Å². The molecular formula is C24H27N5O3Si. The minimum Gasteiger partial charge on any atom is -0.372 e. The number of fused-ring (bicyclic) bond motifs is 2. The van der Waals surface area contributed by atoms with Crippen LogP contribution in [0.1, 0.15) is 28.8 Å². The average Bonchev–Trinajstić information content (AvgIpc) is 3.29. The molecule has 9 heteroatoms. The number of benzene rings is 1. The number of hydrogen-bond acceptors (Lipinski definition) is 5. The lowest BCUT2D eigenvalue weighted by molar-refractivity contribution is -0.136. The van der Waals surface area contributed by atoms with Crippen LogP contribution >= 0.6 is 0 Å². The molecule has 0 aliphatic carbocycles. The van der Waals surface area contributed by atoms with E-state index in [1.807, 2.05) is 42.6 Å². The topological polar surface area (TPSA) is 95.8 Å². The van der Waals surface area contributed by atoms with Crippen LogP contribution < -0.4 is 10.6 Å². The number of nitrogens with zero attached hydrogens (tertiary/aromatic N) is 3. The molecular weight excluding hydrogens is 434 g/mol. The number of rotatable bonds is 5. The molecule has 33 heavy (non-hydrogen) atoms. The molecule has 0 bridgehead atoms. The van der Waals surface area contributed by atoms with Crippen molar-refractivity contribution in [3.05, 3.63) is 53.7 Å². The van der Waals surface area contributed by atoms with Crippen LogP contribution in [-0.4, -0.2) is 52.3 Å². The molecule has 2 aliphatic heterocycles. The molecule has 1 atom stereocenters. The quantitative estimate of drug-likeness (QED) is 0.450. The second kappa shape index (κ2) is 7.84. The normalized spacial score (nSPS) is 18.6. The highest BCUT2D eigenvalue weighted by Crippen LogP contribution is 2.34. The van der Waals surface area contributed by atoms with Gasteiger partial charge >= 0.3 is 0 Å². The Hall–Kier alpha value is -3.46. The van der Waals surface area contributed by atoms with Crippen LogP contribution in [0.2, 0.25) is 19.6 Å². The fourth-order valence-corrected chi connectivity index (χ4v) is 5.13. The van der Waals surface area contributed by atoms with E-state index in [4.69, 9.17) is 4.98 Å². The minimum absolute atomic E-state index is 0.168. The summed E-state index contributed by atoms with van der Waals surface area (Å²) in [6, 6.07) is 11.1. The van der Waals surface area contributed by atoms with E-state index in [-0.39, 0.29) is 18.2 Å². The number of hydrogen-bond donors (Lipinski definition) is 2. The van der Waals surface area contributed by atoms with E-state index in [0.29, 0.717) is 18.5 Å². The van der Waals surface area contributed by atoms with E-state index >= 15 is 0 Å². The van der Waals surface area contributed by atoms with E-state index in [9.17, 15) is 14.4 Å². The van der Waals surface area contributed by atoms with Gasteiger partial charge in [0.05, 0.1) is 8.07 Å². The predicted molar refractivity (Wildman–Crippen MR) is 129 cm³/mol. The van der Waals surface area contributed by atoms with Gasteiger partial charge in [-0.05, 0) is 36.2 Å². The van der Waals surface area contributed by atoms with Gasteiger partial charge in [0.25, 0.3) is 5.91 Å². The van der Waals surface area contributed by atoms with E-state index in [0.717, 1.165) is 34.5 Å². The summed E-state index contributed by atoms with van der Waals surface area (Å²) in [5.41, 5.74) is 4.09. The highest BCUT2D eigenvalue weighted by Gasteiger charge is 2.39. The molecule has 1 unspecified atom stereocenters. The second-order valence-electron chi connectivity index (χ2n) is 9.92. The second-order valence-corrected chi connectivity index (χ2v) is 15.4.